The molecule has 72 valence electrons. The first-order valence-electron chi connectivity index (χ1n) is 4.45. The molecule has 3 heteroatoms. The molecule has 0 saturated carbocycles. The van der Waals surface area contributed by atoms with Gasteiger partial charge < -0.3 is 4.57 Å². The summed E-state index contributed by atoms with van der Waals surface area (Å²) in [6.07, 6.45) is 1.83. The lowest BCUT2D eigenvalue weighted by molar-refractivity contribution is 0.783. The molecule has 0 fully saturated rings. The molecule has 1 aromatic heterocycles. The van der Waals surface area contributed by atoms with Gasteiger partial charge in [0.1, 0.15) is 0 Å². The molecule has 2 rings (SSSR count). The van der Waals surface area contributed by atoms with Gasteiger partial charge in [0.2, 0.25) is 0 Å². The third-order valence-corrected chi connectivity index (χ3v) is 2.77. The van der Waals surface area contributed by atoms with E-state index in [1.165, 1.54) is 22.5 Å². The van der Waals surface area contributed by atoms with Gasteiger partial charge in [0.15, 0.2) is 0 Å². The van der Waals surface area contributed by atoms with Gasteiger partial charge in [0.25, 0.3) is 0 Å². The van der Waals surface area contributed by atoms with E-state index >= 15 is 0 Å². The van der Waals surface area contributed by atoms with Crippen molar-refractivity contribution in [2.45, 2.75) is 13.5 Å². The Hall–Kier alpha value is -1.35. The molecule has 0 spiro atoms. The molecule has 0 aliphatic heterocycles. The van der Waals surface area contributed by atoms with Crippen molar-refractivity contribution in [2.24, 2.45) is 0 Å². The fourth-order valence-corrected chi connectivity index (χ4v) is 2.00. The molecular weight excluding hydrogens is 194 g/mol. The quantitative estimate of drug-likeness (QED) is 0.737. The highest BCUT2D eigenvalue weighted by Gasteiger charge is 1.98. The molecule has 2 aromatic rings. The zero-order valence-electron chi connectivity index (χ0n) is 7.93. The van der Waals surface area contributed by atoms with Crippen molar-refractivity contribution in [3.8, 4) is 0 Å². The van der Waals surface area contributed by atoms with Crippen LogP contribution >= 0.6 is 11.3 Å². The topological polar surface area (TPSA) is 22.0 Å². The molecule has 2 nitrogen and oxygen atoms in total. The first-order chi connectivity index (χ1) is 6.75. The van der Waals surface area contributed by atoms with Crippen LogP contribution in [0.2, 0.25) is 0 Å². The lowest BCUT2D eigenvalue weighted by Gasteiger charge is -2.02. The smallest absolute Gasteiger partial charge is 0.302 e. The van der Waals surface area contributed by atoms with Crippen LogP contribution < -0.4 is 4.87 Å². The second kappa shape index (κ2) is 3.80. The van der Waals surface area contributed by atoms with Gasteiger partial charge in [-0.15, -0.1) is 0 Å². The Bertz CT molecular complexity index is 484. The summed E-state index contributed by atoms with van der Waals surface area (Å²) in [6, 6.07) is 8.21. The van der Waals surface area contributed by atoms with Gasteiger partial charge in [-0.3, -0.25) is 4.79 Å². The Kier molecular flexibility index (Phi) is 2.50. The Morgan fingerprint density at radius 3 is 2.93 bits per heavy atom. The number of benzene rings is 1. The summed E-state index contributed by atoms with van der Waals surface area (Å²) < 4.78 is 1.72. The van der Waals surface area contributed by atoms with Crippen LogP contribution in [0.4, 0.5) is 0 Å². The summed E-state index contributed by atoms with van der Waals surface area (Å²) in [6.45, 7) is 2.73. The van der Waals surface area contributed by atoms with Crippen molar-refractivity contribution in [3.05, 3.63) is 56.6 Å². The highest BCUT2D eigenvalue weighted by atomic mass is 32.1. The predicted molar refractivity (Wildman–Crippen MR) is 58.9 cm³/mol. The first kappa shape index (κ1) is 9.21. The molecule has 0 N–H and O–H groups in total. The highest BCUT2D eigenvalue weighted by Crippen LogP contribution is 2.05. The molecule has 0 saturated heterocycles. The van der Waals surface area contributed by atoms with Crippen LogP contribution in [-0.4, -0.2) is 4.57 Å². The lowest BCUT2D eigenvalue weighted by atomic mass is 10.1. The minimum absolute atomic E-state index is 0.103. The summed E-state index contributed by atoms with van der Waals surface area (Å²) in [5.74, 6) is 0. The van der Waals surface area contributed by atoms with Gasteiger partial charge >= 0.3 is 4.87 Å². The normalized spacial score (nSPS) is 10.4. The number of hydrogen-bond acceptors (Lipinski definition) is 2. The van der Waals surface area contributed by atoms with Crippen LogP contribution in [0, 0.1) is 6.92 Å². The predicted octanol–water partition coefficient (Wildman–Crippen LogP) is 2.27. The minimum atomic E-state index is 0.103. The third-order valence-electron chi connectivity index (χ3n) is 2.08. The summed E-state index contributed by atoms with van der Waals surface area (Å²) in [5, 5.41) is 1.82. The highest BCUT2D eigenvalue weighted by molar-refractivity contribution is 7.07. The molecule has 0 aliphatic rings. The van der Waals surface area contributed by atoms with Crippen molar-refractivity contribution in [1.29, 1.82) is 0 Å². The SMILES string of the molecule is Cc1cccc(Cn2ccsc2=O)c1. The molecule has 0 unspecified atom stereocenters. The van der Waals surface area contributed by atoms with Gasteiger partial charge in [0, 0.05) is 11.6 Å². The Morgan fingerprint density at radius 1 is 1.43 bits per heavy atom. The Morgan fingerprint density at radius 2 is 2.29 bits per heavy atom. The van der Waals surface area contributed by atoms with Gasteiger partial charge in [-0.05, 0) is 12.5 Å². The number of aryl methyl sites for hydroxylation is 1. The van der Waals surface area contributed by atoms with Crippen molar-refractivity contribution in [2.75, 3.05) is 0 Å². The first-order valence-corrected chi connectivity index (χ1v) is 5.33. The van der Waals surface area contributed by atoms with E-state index in [4.69, 9.17) is 0 Å². The van der Waals surface area contributed by atoms with E-state index < -0.39 is 0 Å². The second-order valence-electron chi connectivity index (χ2n) is 3.29. The lowest BCUT2D eigenvalue weighted by Crippen LogP contribution is -2.12. The molecule has 0 aliphatic carbocycles. The number of thiazole rings is 1. The summed E-state index contributed by atoms with van der Waals surface area (Å²) in [7, 11) is 0. The van der Waals surface area contributed by atoms with Gasteiger partial charge in [-0.25, -0.2) is 0 Å². The van der Waals surface area contributed by atoms with E-state index in [2.05, 4.69) is 19.1 Å². The van der Waals surface area contributed by atoms with Gasteiger partial charge in [-0.2, -0.15) is 0 Å². The Balaban J connectivity index is 2.27. The van der Waals surface area contributed by atoms with E-state index in [9.17, 15) is 4.79 Å². The maximum atomic E-state index is 11.3. The van der Waals surface area contributed by atoms with Crippen LogP contribution in [0.5, 0.6) is 0 Å². The number of hydrogen-bond donors (Lipinski definition) is 0. The molecule has 1 heterocycles. The minimum Gasteiger partial charge on any atom is -0.302 e. The number of aromatic nitrogens is 1. The van der Waals surface area contributed by atoms with E-state index in [1.807, 2.05) is 23.7 Å². The zero-order valence-corrected chi connectivity index (χ0v) is 8.75. The molecule has 0 atom stereocenters. The van der Waals surface area contributed by atoms with Gasteiger partial charge in [0.05, 0.1) is 6.54 Å². The number of nitrogens with zero attached hydrogens (tertiary/aromatic N) is 1. The van der Waals surface area contributed by atoms with Crippen molar-refractivity contribution in [3.63, 3.8) is 0 Å². The van der Waals surface area contributed by atoms with Crippen LogP contribution in [0.1, 0.15) is 11.1 Å². The van der Waals surface area contributed by atoms with Crippen molar-refractivity contribution < 1.29 is 0 Å². The molecular formula is C11H11NOS. The standard InChI is InChI=1S/C11H11NOS/c1-9-3-2-4-10(7-9)8-12-5-6-14-11(12)13/h2-7H,8H2,1H3. The molecule has 0 amide bonds. The molecule has 1 aromatic carbocycles. The molecule has 14 heavy (non-hydrogen) atoms. The maximum absolute atomic E-state index is 11.3. The third kappa shape index (κ3) is 1.93. The monoisotopic (exact) mass is 205 g/mol. The van der Waals surface area contributed by atoms with E-state index in [0.717, 1.165) is 0 Å². The Labute approximate surface area is 86.4 Å². The van der Waals surface area contributed by atoms with Gasteiger partial charge in [-0.1, -0.05) is 41.2 Å². The molecule has 0 radical (unpaired) electrons. The van der Waals surface area contributed by atoms with Crippen LogP contribution in [0.15, 0.2) is 40.6 Å². The fraction of sp³-hybridized carbons (Fsp3) is 0.182. The maximum Gasteiger partial charge on any atom is 0.307 e. The fourth-order valence-electron chi connectivity index (χ4n) is 1.42. The zero-order chi connectivity index (χ0) is 9.97. The van der Waals surface area contributed by atoms with E-state index in [0.29, 0.717) is 6.54 Å². The van der Waals surface area contributed by atoms with E-state index in [-0.39, 0.29) is 4.87 Å². The van der Waals surface area contributed by atoms with Crippen LogP contribution in [0.3, 0.4) is 0 Å². The molecule has 0 bridgehead atoms. The number of rotatable bonds is 2. The average Bonchev–Trinajstić information content (AvgIpc) is 2.52. The summed E-state index contributed by atoms with van der Waals surface area (Å²) in [4.78, 5) is 11.4. The van der Waals surface area contributed by atoms with Crippen LogP contribution in [0.25, 0.3) is 0 Å². The van der Waals surface area contributed by atoms with Crippen molar-refractivity contribution in [1.82, 2.24) is 4.57 Å². The van der Waals surface area contributed by atoms with Crippen molar-refractivity contribution >= 4 is 11.3 Å². The van der Waals surface area contributed by atoms with Crippen LogP contribution in [-0.2, 0) is 6.54 Å². The average molecular weight is 205 g/mol. The second-order valence-corrected chi connectivity index (χ2v) is 4.14. The van der Waals surface area contributed by atoms with E-state index in [1.54, 1.807) is 4.57 Å². The summed E-state index contributed by atoms with van der Waals surface area (Å²) in [5.41, 5.74) is 2.40. The largest absolute Gasteiger partial charge is 0.307 e. The summed E-state index contributed by atoms with van der Waals surface area (Å²) >= 11 is 1.24.